The average Bonchev–Trinajstić information content (AvgIpc) is 3.53. The van der Waals surface area contributed by atoms with Crippen LogP contribution in [0, 0.1) is 11.8 Å². The van der Waals surface area contributed by atoms with Gasteiger partial charge in [0.25, 0.3) is 5.82 Å². The molecule has 9 nitrogen and oxygen atoms in total. The maximum Gasteiger partial charge on any atom is 0.453 e. The monoisotopic (exact) mass is 592 g/mol. The fourth-order valence-electron chi connectivity index (χ4n) is 6.84. The molecule has 3 aliphatic rings. The number of aliphatic carboxylic acids is 1. The summed E-state index contributed by atoms with van der Waals surface area (Å²) in [5.74, 6) is -2.30. The lowest BCUT2D eigenvalue weighted by atomic mass is 9.66. The summed E-state index contributed by atoms with van der Waals surface area (Å²) in [4.78, 5) is 14.7. The van der Waals surface area contributed by atoms with Crippen LogP contribution in [-0.2, 0) is 17.5 Å². The Balaban J connectivity index is 1.38. The Morgan fingerprint density at radius 2 is 1.74 bits per heavy atom. The summed E-state index contributed by atoms with van der Waals surface area (Å²) in [5, 5.41) is 23.8. The smallest absolute Gasteiger partial charge is 0.453 e. The summed E-state index contributed by atoms with van der Waals surface area (Å²) in [6, 6.07) is 24.7. The minimum absolute atomic E-state index is 0.0405. The molecule has 3 aliphatic heterocycles. The van der Waals surface area contributed by atoms with Crippen LogP contribution in [0.4, 0.5) is 13.2 Å². The lowest BCUT2D eigenvalue weighted by Gasteiger charge is -2.56. The van der Waals surface area contributed by atoms with Crippen LogP contribution < -0.4 is 10.1 Å². The number of rotatable bonds is 9. The molecule has 2 N–H and O–H groups in total. The van der Waals surface area contributed by atoms with E-state index in [1.807, 2.05) is 36.4 Å². The number of hydrogen-bond donors (Lipinski definition) is 2. The van der Waals surface area contributed by atoms with E-state index in [0.717, 1.165) is 24.1 Å². The number of fused-ring (bicyclic) bond motifs is 3. The SMILES string of the molecule is COc1ccc(-n2nnnc2C(F)(F)F)cc1CN[C@H]1[C@@H]2CCN(C[C@H]2C(=O)O)[C@H]1C(c1ccccc1)c1ccccc1. The van der Waals surface area contributed by atoms with Crippen molar-refractivity contribution in [2.45, 2.75) is 37.1 Å². The first-order valence-electron chi connectivity index (χ1n) is 14.1. The molecule has 0 aliphatic carbocycles. The van der Waals surface area contributed by atoms with E-state index >= 15 is 0 Å². The number of halogens is 3. The Morgan fingerprint density at radius 3 is 2.35 bits per heavy atom. The second-order valence-electron chi connectivity index (χ2n) is 11.0. The Kier molecular flexibility index (Phi) is 7.89. The summed E-state index contributed by atoms with van der Waals surface area (Å²) in [7, 11) is 1.50. The van der Waals surface area contributed by atoms with Crippen molar-refractivity contribution in [3.8, 4) is 11.4 Å². The number of piperidine rings is 3. The van der Waals surface area contributed by atoms with Crippen LogP contribution in [0.2, 0.25) is 0 Å². The standard InChI is InChI=1S/C31H31F3N6O3/c1-43-25-13-12-22(40-30(31(32,33)34)36-37-38-40)16-21(25)17-35-27-23-14-15-39(18-24(23)29(41)42)28(27)26(19-8-4-2-5-9-19)20-10-6-3-7-11-20/h2-13,16,23-24,26-28,35H,14-15,17-18H2,1H3,(H,41,42)/t23-,24-,27+,28+/m1/s1. The van der Waals surface area contributed by atoms with Gasteiger partial charge in [-0.15, -0.1) is 5.10 Å². The number of methoxy groups -OCH3 is 1. The number of carboxylic acids is 1. The van der Waals surface area contributed by atoms with Gasteiger partial charge in [-0.25, -0.2) is 0 Å². The quantitative estimate of drug-likeness (QED) is 0.295. The average molecular weight is 593 g/mol. The highest BCUT2D eigenvalue weighted by Gasteiger charge is 2.52. The Labute approximate surface area is 246 Å². The molecule has 0 amide bonds. The number of carbonyl (C=O) groups is 1. The molecule has 1 unspecified atom stereocenters. The Morgan fingerprint density at radius 1 is 1.07 bits per heavy atom. The van der Waals surface area contributed by atoms with Crippen LogP contribution in [0.3, 0.4) is 0 Å². The minimum Gasteiger partial charge on any atom is -0.496 e. The zero-order valence-corrected chi connectivity index (χ0v) is 23.4. The first-order chi connectivity index (χ1) is 20.8. The van der Waals surface area contributed by atoms with Crippen LogP contribution >= 0.6 is 0 Å². The largest absolute Gasteiger partial charge is 0.496 e. The molecule has 0 radical (unpaired) electrons. The van der Waals surface area contributed by atoms with E-state index in [-0.39, 0.29) is 36.2 Å². The zero-order valence-electron chi connectivity index (χ0n) is 23.4. The number of carboxylic acid groups (broad SMARTS) is 1. The van der Waals surface area contributed by atoms with Gasteiger partial charge in [0.1, 0.15) is 5.75 Å². The van der Waals surface area contributed by atoms with Gasteiger partial charge >= 0.3 is 12.1 Å². The van der Waals surface area contributed by atoms with Crippen molar-refractivity contribution in [1.29, 1.82) is 0 Å². The molecule has 4 aromatic rings. The highest BCUT2D eigenvalue weighted by atomic mass is 19.4. The van der Waals surface area contributed by atoms with Crippen LogP contribution in [0.25, 0.3) is 5.69 Å². The van der Waals surface area contributed by atoms with E-state index in [1.54, 1.807) is 12.1 Å². The molecular formula is C31H31F3N6O3. The van der Waals surface area contributed by atoms with Gasteiger partial charge < -0.3 is 15.2 Å². The molecule has 5 atom stereocenters. The third kappa shape index (κ3) is 5.59. The summed E-state index contributed by atoms with van der Waals surface area (Å²) in [6.45, 7) is 1.47. The molecule has 2 bridgehead atoms. The highest BCUT2D eigenvalue weighted by Crippen LogP contribution is 2.44. The Bertz CT molecular complexity index is 1530. The van der Waals surface area contributed by atoms with E-state index in [0.29, 0.717) is 22.5 Å². The number of aromatic nitrogens is 4. The van der Waals surface area contributed by atoms with Crippen LogP contribution in [0.5, 0.6) is 5.75 Å². The van der Waals surface area contributed by atoms with E-state index in [4.69, 9.17) is 4.74 Å². The molecule has 0 spiro atoms. The van der Waals surface area contributed by atoms with Gasteiger partial charge in [0.2, 0.25) is 0 Å². The molecule has 1 aromatic heterocycles. The molecule has 0 saturated carbocycles. The van der Waals surface area contributed by atoms with Gasteiger partial charge in [-0.2, -0.15) is 17.9 Å². The second-order valence-corrected chi connectivity index (χ2v) is 11.0. The summed E-state index contributed by atoms with van der Waals surface area (Å²) >= 11 is 0. The zero-order chi connectivity index (χ0) is 30.1. The number of nitrogens with one attached hydrogen (secondary N) is 1. The lowest BCUT2D eigenvalue weighted by Crippen LogP contribution is -2.68. The van der Waals surface area contributed by atoms with Gasteiger partial charge in [-0.3, -0.25) is 9.69 Å². The minimum atomic E-state index is -4.74. The van der Waals surface area contributed by atoms with Crippen molar-refractivity contribution >= 4 is 5.97 Å². The Hall–Kier alpha value is -4.29. The highest BCUT2D eigenvalue weighted by molar-refractivity contribution is 5.71. The first-order valence-corrected chi connectivity index (χ1v) is 14.1. The predicted molar refractivity (Wildman–Crippen MR) is 151 cm³/mol. The molecule has 12 heteroatoms. The van der Waals surface area contributed by atoms with E-state index in [1.165, 1.54) is 13.2 Å². The fraction of sp³-hybridized carbons (Fsp3) is 0.355. The van der Waals surface area contributed by atoms with Crippen LogP contribution in [0.1, 0.15) is 34.9 Å². The topological polar surface area (TPSA) is 105 Å². The van der Waals surface area contributed by atoms with E-state index < -0.39 is 23.9 Å². The predicted octanol–water partition coefficient (Wildman–Crippen LogP) is 4.38. The number of alkyl halides is 3. The molecule has 7 rings (SSSR count). The number of ether oxygens (including phenoxy) is 1. The second kappa shape index (κ2) is 11.8. The van der Waals surface area contributed by atoms with E-state index in [9.17, 15) is 23.1 Å². The first kappa shape index (κ1) is 28.8. The molecule has 3 saturated heterocycles. The third-order valence-corrected chi connectivity index (χ3v) is 8.68. The number of hydrogen-bond acceptors (Lipinski definition) is 7. The molecule has 4 heterocycles. The molecule has 3 aromatic carbocycles. The molecule has 224 valence electrons. The lowest BCUT2D eigenvalue weighted by molar-refractivity contribution is -0.152. The number of benzene rings is 3. The third-order valence-electron chi connectivity index (χ3n) is 8.68. The van der Waals surface area contributed by atoms with E-state index in [2.05, 4.69) is 50.0 Å². The van der Waals surface area contributed by atoms with Crippen LogP contribution in [0.15, 0.2) is 78.9 Å². The van der Waals surface area contributed by atoms with Crippen molar-refractivity contribution in [1.82, 2.24) is 30.4 Å². The van der Waals surface area contributed by atoms with Crippen molar-refractivity contribution < 1.29 is 27.8 Å². The molecule has 43 heavy (non-hydrogen) atoms. The van der Waals surface area contributed by atoms with Crippen molar-refractivity contribution in [3.05, 3.63) is 101 Å². The summed E-state index contributed by atoms with van der Waals surface area (Å²) in [6.07, 6.45) is -4.02. The maximum absolute atomic E-state index is 13.5. The number of tetrazole rings is 1. The molecule has 3 fully saturated rings. The summed E-state index contributed by atoms with van der Waals surface area (Å²) in [5.41, 5.74) is 2.99. The van der Waals surface area contributed by atoms with Gasteiger partial charge in [0.15, 0.2) is 0 Å². The maximum atomic E-state index is 13.5. The fourth-order valence-corrected chi connectivity index (χ4v) is 6.84. The summed E-state index contributed by atoms with van der Waals surface area (Å²) < 4.78 is 46.8. The van der Waals surface area contributed by atoms with Gasteiger partial charge in [-0.05, 0) is 58.6 Å². The van der Waals surface area contributed by atoms with Crippen molar-refractivity contribution in [2.24, 2.45) is 11.8 Å². The van der Waals surface area contributed by atoms with Crippen LogP contribution in [-0.4, -0.2) is 68.5 Å². The van der Waals surface area contributed by atoms with Gasteiger partial charge in [0.05, 0.1) is 18.7 Å². The normalized spacial score (nSPS) is 23.4. The number of nitrogens with zero attached hydrogens (tertiary/aromatic N) is 5. The van der Waals surface area contributed by atoms with Gasteiger partial charge in [0, 0.05) is 36.7 Å². The van der Waals surface area contributed by atoms with Gasteiger partial charge in [-0.1, -0.05) is 60.7 Å². The molecular weight excluding hydrogens is 561 g/mol. The van der Waals surface area contributed by atoms with Crippen molar-refractivity contribution in [3.63, 3.8) is 0 Å². The van der Waals surface area contributed by atoms with Crippen molar-refractivity contribution in [2.75, 3.05) is 20.2 Å².